The molecule has 118 valence electrons. The number of hydrogen-bond acceptors (Lipinski definition) is 3. The molecule has 3 rings (SSSR count). The lowest BCUT2D eigenvalue weighted by Crippen LogP contribution is -2.57. The van der Waals surface area contributed by atoms with Crippen LogP contribution >= 0.6 is 0 Å². The van der Waals surface area contributed by atoms with Gasteiger partial charge in [0.2, 0.25) is 5.91 Å². The Morgan fingerprint density at radius 1 is 1.29 bits per heavy atom. The third kappa shape index (κ3) is 2.61. The molecule has 3 heterocycles. The van der Waals surface area contributed by atoms with E-state index in [9.17, 15) is 9.59 Å². The second-order valence-electron chi connectivity index (χ2n) is 6.41. The summed E-state index contributed by atoms with van der Waals surface area (Å²) in [5.74, 6) is 0.270. The van der Waals surface area contributed by atoms with E-state index >= 15 is 0 Å². The van der Waals surface area contributed by atoms with Crippen molar-refractivity contribution in [1.29, 1.82) is 0 Å². The predicted molar refractivity (Wildman–Crippen MR) is 80.0 cm³/mol. The lowest BCUT2D eigenvalue weighted by atomic mass is 9.91. The van der Waals surface area contributed by atoms with E-state index in [2.05, 4.69) is 17.6 Å². The first-order valence-electron chi connectivity index (χ1n) is 8.25. The summed E-state index contributed by atoms with van der Waals surface area (Å²) in [6.07, 6.45) is 4.71. The summed E-state index contributed by atoms with van der Waals surface area (Å²) in [6.45, 7) is 6.15. The maximum atomic E-state index is 12.8. The number of carbonyl (C=O) groups is 2. The topological polar surface area (TPSA) is 64.7 Å². The molecular formula is C15H26N4O2. The Labute approximate surface area is 126 Å². The number of urea groups is 1. The van der Waals surface area contributed by atoms with Crippen LogP contribution in [0.25, 0.3) is 0 Å². The van der Waals surface area contributed by atoms with Gasteiger partial charge >= 0.3 is 6.03 Å². The van der Waals surface area contributed by atoms with Gasteiger partial charge in [-0.3, -0.25) is 4.79 Å². The predicted octanol–water partition coefficient (Wildman–Crippen LogP) is 0.535. The van der Waals surface area contributed by atoms with Crippen LogP contribution in [-0.2, 0) is 4.79 Å². The van der Waals surface area contributed by atoms with Crippen molar-refractivity contribution in [2.45, 2.75) is 50.6 Å². The van der Waals surface area contributed by atoms with Gasteiger partial charge in [-0.25, -0.2) is 4.79 Å². The van der Waals surface area contributed by atoms with Crippen molar-refractivity contribution in [3.8, 4) is 0 Å². The van der Waals surface area contributed by atoms with E-state index in [1.807, 2.05) is 9.80 Å². The average Bonchev–Trinajstić information content (AvgIpc) is 3.16. The molecule has 0 spiro atoms. The summed E-state index contributed by atoms with van der Waals surface area (Å²) in [4.78, 5) is 28.5. The number of amides is 3. The molecule has 3 aliphatic heterocycles. The van der Waals surface area contributed by atoms with Crippen LogP contribution in [0.15, 0.2) is 0 Å². The molecule has 0 aromatic heterocycles. The zero-order valence-electron chi connectivity index (χ0n) is 12.9. The number of piperidine rings is 1. The third-order valence-electron chi connectivity index (χ3n) is 5.34. The van der Waals surface area contributed by atoms with E-state index in [0.29, 0.717) is 6.04 Å². The van der Waals surface area contributed by atoms with Gasteiger partial charge in [-0.1, -0.05) is 6.92 Å². The maximum absolute atomic E-state index is 12.8. The first-order chi connectivity index (χ1) is 10.2. The smallest absolute Gasteiger partial charge is 0.317 e. The van der Waals surface area contributed by atoms with Crippen molar-refractivity contribution < 1.29 is 9.59 Å². The molecule has 1 atom stereocenters. The molecule has 3 aliphatic rings. The van der Waals surface area contributed by atoms with E-state index in [0.717, 1.165) is 64.8 Å². The molecule has 0 bridgehead atoms. The van der Waals surface area contributed by atoms with Crippen molar-refractivity contribution in [3.05, 3.63) is 0 Å². The highest BCUT2D eigenvalue weighted by molar-refractivity contribution is 5.87. The van der Waals surface area contributed by atoms with Crippen molar-refractivity contribution in [1.82, 2.24) is 20.4 Å². The van der Waals surface area contributed by atoms with Crippen LogP contribution in [0.2, 0.25) is 0 Å². The van der Waals surface area contributed by atoms with E-state index in [1.165, 1.54) is 0 Å². The lowest BCUT2D eigenvalue weighted by molar-refractivity contribution is -0.139. The summed E-state index contributed by atoms with van der Waals surface area (Å²) in [5, 5.41) is 6.28. The fourth-order valence-electron chi connectivity index (χ4n) is 3.96. The number of likely N-dealkylation sites (tertiary alicyclic amines) is 1. The standard InChI is InChI=1S/C15H26N4O2/c1-2-15(6-3-7-17-15)13(20)18-9-4-12(5-10-18)19-11-8-16-14(19)21/h12,17H,2-11H2,1H3,(H,16,21). The molecule has 6 heteroatoms. The van der Waals surface area contributed by atoms with E-state index in [-0.39, 0.29) is 17.5 Å². The van der Waals surface area contributed by atoms with Gasteiger partial charge in [0.05, 0.1) is 5.54 Å². The second-order valence-corrected chi connectivity index (χ2v) is 6.41. The van der Waals surface area contributed by atoms with Gasteiger partial charge in [-0.05, 0) is 38.6 Å². The molecule has 1 unspecified atom stereocenters. The van der Waals surface area contributed by atoms with Crippen LogP contribution in [-0.4, -0.2) is 66.0 Å². The van der Waals surface area contributed by atoms with Crippen LogP contribution < -0.4 is 10.6 Å². The number of rotatable bonds is 3. The fourth-order valence-corrected chi connectivity index (χ4v) is 3.96. The molecule has 3 fully saturated rings. The summed E-state index contributed by atoms with van der Waals surface area (Å²) in [7, 11) is 0. The fraction of sp³-hybridized carbons (Fsp3) is 0.867. The molecule has 0 saturated carbocycles. The van der Waals surface area contributed by atoms with Crippen LogP contribution in [0.5, 0.6) is 0 Å². The zero-order valence-corrected chi connectivity index (χ0v) is 12.9. The Morgan fingerprint density at radius 3 is 2.57 bits per heavy atom. The highest BCUT2D eigenvalue weighted by Gasteiger charge is 2.43. The second kappa shape index (κ2) is 5.83. The number of nitrogens with zero attached hydrogens (tertiary/aromatic N) is 2. The molecule has 2 N–H and O–H groups in total. The quantitative estimate of drug-likeness (QED) is 0.798. The van der Waals surface area contributed by atoms with Crippen molar-refractivity contribution >= 4 is 11.9 Å². The number of nitrogens with one attached hydrogen (secondary N) is 2. The largest absolute Gasteiger partial charge is 0.341 e. The molecule has 21 heavy (non-hydrogen) atoms. The Bertz CT molecular complexity index is 412. The molecule has 0 aromatic carbocycles. The zero-order chi connectivity index (χ0) is 14.9. The molecule has 0 aliphatic carbocycles. The normalized spacial score (nSPS) is 30.8. The van der Waals surface area contributed by atoms with Crippen molar-refractivity contribution in [2.24, 2.45) is 0 Å². The SMILES string of the molecule is CCC1(C(=O)N2CCC(N3CCNC3=O)CC2)CCCN1. The highest BCUT2D eigenvalue weighted by atomic mass is 16.2. The molecular weight excluding hydrogens is 268 g/mol. The summed E-state index contributed by atoms with van der Waals surface area (Å²) in [6, 6.07) is 0.355. The minimum Gasteiger partial charge on any atom is -0.341 e. The first kappa shape index (κ1) is 14.6. The summed E-state index contributed by atoms with van der Waals surface area (Å²) >= 11 is 0. The number of carbonyl (C=O) groups excluding carboxylic acids is 2. The molecule has 6 nitrogen and oxygen atoms in total. The van der Waals surface area contributed by atoms with Gasteiger partial charge in [0, 0.05) is 32.2 Å². The molecule has 3 amide bonds. The van der Waals surface area contributed by atoms with Crippen molar-refractivity contribution in [2.75, 3.05) is 32.7 Å². The molecule has 0 aromatic rings. The Balaban J connectivity index is 1.58. The van der Waals surface area contributed by atoms with Gasteiger partial charge in [0.25, 0.3) is 0 Å². The Hall–Kier alpha value is -1.30. The first-order valence-corrected chi connectivity index (χ1v) is 8.25. The third-order valence-corrected chi connectivity index (χ3v) is 5.34. The van der Waals surface area contributed by atoms with Crippen LogP contribution in [0.4, 0.5) is 4.79 Å². The van der Waals surface area contributed by atoms with Crippen LogP contribution in [0, 0.1) is 0 Å². The molecule has 3 saturated heterocycles. The van der Waals surface area contributed by atoms with Crippen molar-refractivity contribution in [3.63, 3.8) is 0 Å². The Morgan fingerprint density at radius 2 is 2.05 bits per heavy atom. The minimum atomic E-state index is -0.322. The Kier molecular flexibility index (Phi) is 4.06. The maximum Gasteiger partial charge on any atom is 0.317 e. The average molecular weight is 294 g/mol. The van der Waals surface area contributed by atoms with E-state index < -0.39 is 0 Å². The summed E-state index contributed by atoms with van der Waals surface area (Å²) < 4.78 is 0. The van der Waals surface area contributed by atoms with E-state index in [4.69, 9.17) is 0 Å². The lowest BCUT2D eigenvalue weighted by Gasteiger charge is -2.40. The minimum absolute atomic E-state index is 0.0577. The molecule has 0 radical (unpaired) electrons. The monoisotopic (exact) mass is 294 g/mol. The van der Waals surface area contributed by atoms with E-state index in [1.54, 1.807) is 0 Å². The van der Waals surface area contributed by atoms with Crippen LogP contribution in [0.3, 0.4) is 0 Å². The van der Waals surface area contributed by atoms with Crippen LogP contribution in [0.1, 0.15) is 39.0 Å². The summed E-state index contributed by atoms with van der Waals surface area (Å²) in [5.41, 5.74) is -0.322. The number of hydrogen-bond donors (Lipinski definition) is 2. The van der Waals surface area contributed by atoms with Gasteiger partial charge in [-0.15, -0.1) is 0 Å². The van der Waals surface area contributed by atoms with Gasteiger partial charge in [0.15, 0.2) is 0 Å². The highest BCUT2D eigenvalue weighted by Crippen LogP contribution is 2.28. The van der Waals surface area contributed by atoms with Gasteiger partial charge in [-0.2, -0.15) is 0 Å². The van der Waals surface area contributed by atoms with Gasteiger partial charge < -0.3 is 20.4 Å². The van der Waals surface area contributed by atoms with Gasteiger partial charge in [0.1, 0.15) is 0 Å².